The molecule has 1 amide bonds. The van der Waals surface area contributed by atoms with Crippen LogP contribution in [0.2, 0.25) is 0 Å². The fourth-order valence-corrected chi connectivity index (χ4v) is 4.00. The number of amides is 1. The average Bonchev–Trinajstić information content (AvgIpc) is 3.37. The number of carboxylic acid groups (broad SMARTS) is 1. The molecule has 0 saturated carbocycles. The molecule has 0 atom stereocenters. The normalized spacial score (nSPS) is 10.1. The molecule has 0 aliphatic heterocycles. The van der Waals surface area contributed by atoms with Gasteiger partial charge in [0.25, 0.3) is 0 Å². The lowest BCUT2D eigenvalue weighted by atomic mass is 10.1. The Morgan fingerprint density at radius 2 is 1.50 bits per heavy atom. The van der Waals surface area contributed by atoms with Gasteiger partial charge in [0.2, 0.25) is 0 Å². The Labute approximate surface area is 208 Å². The van der Waals surface area contributed by atoms with Gasteiger partial charge in [0, 0.05) is 29.3 Å². The van der Waals surface area contributed by atoms with Crippen LogP contribution < -0.4 is 15.5 Å². The lowest BCUT2D eigenvalue weighted by Crippen LogP contribution is -2.31. The van der Waals surface area contributed by atoms with Gasteiger partial charge in [-0.15, -0.1) is 23.7 Å². The summed E-state index contributed by atoms with van der Waals surface area (Å²) in [6, 6.07) is 28.7. The number of para-hydroxylation sites is 1. The van der Waals surface area contributed by atoms with Crippen LogP contribution in [-0.4, -0.2) is 23.6 Å². The number of anilines is 4. The highest BCUT2D eigenvalue weighted by atomic mass is 35.5. The lowest BCUT2D eigenvalue weighted by molar-refractivity contribution is 0.202. The zero-order chi connectivity index (χ0) is 23.0. The van der Waals surface area contributed by atoms with Crippen molar-refractivity contribution in [1.29, 1.82) is 5.41 Å². The van der Waals surface area contributed by atoms with Crippen molar-refractivity contribution in [1.82, 2.24) is 0 Å². The highest BCUT2D eigenvalue weighted by Crippen LogP contribution is 2.22. The largest absolute Gasteiger partial charge is 0.465 e. The minimum atomic E-state index is -0.985. The molecule has 0 saturated heterocycles. The zero-order valence-electron chi connectivity index (χ0n) is 18.3. The number of carbonyl (C=O) groups is 1. The summed E-state index contributed by atoms with van der Waals surface area (Å²) < 4.78 is 0. The van der Waals surface area contributed by atoms with Crippen molar-refractivity contribution in [2.24, 2.45) is 0 Å². The van der Waals surface area contributed by atoms with Crippen LogP contribution in [0, 0.1) is 5.41 Å². The van der Waals surface area contributed by atoms with E-state index in [4.69, 9.17) is 5.41 Å². The second-order valence-electron chi connectivity index (χ2n) is 7.40. The smallest absolute Gasteiger partial charge is 0.411 e. The lowest BCUT2D eigenvalue weighted by Gasteiger charge is -2.20. The predicted molar refractivity (Wildman–Crippen MR) is 144 cm³/mol. The summed E-state index contributed by atoms with van der Waals surface area (Å²) in [4.78, 5) is 14.1. The van der Waals surface area contributed by atoms with Crippen LogP contribution in [0.25, 0.3) is 0 Å². The maximum atomic E-state index is 11.9. The third-order valence-corrected chi connectivity index (χ3v) is 5.97. The van der Waals surface area contributed by atoms with Crippen LogP contribution in [0.5, 0.6) is 0 Å². The molecular weight excluding hydrogens is 468 g/mol. The third-order valence-electron chi connectivity index (χ3n) is 5.09. The Balaban J connectivity index is 0.00000324. The average molecular weight is 493 g/mol. The van der Waals surface area contributed by atoms with E-state index < -0.39 is 6.09 Å². The number of hydrogen-bond acceptors (Lipinski definition) is 4. The number of halogens is 1. The third kappa shape index (κ3) is 6.60. The van der Waals surface area contributed by atoms with Gasteiger partial charge in [0.1, 0.15) is 5.84 Å². The van der Waals surface area contributed by atoms with Crippen LogP contribution in [0.4, 0.5) is 27.5 Å². The summed E-state index contributed by atoms with van der Waals surface area (Å²) in [5.74, 6) is 0.361. The molecule has 0 unspecified atom stereocenters. The molecule has 0 aliphatic rings. The minimum Gasteiger partial charge on any atom is -0.465 e. The van der Waals surface area contributed by atoms with Crippen LogP contribution in [0.3, 0.4) is 0 Å². The van der Waals surface area contributed by atoms with Crippen molar-refractivity contribution in [3.8, 4) is 0 Å². The molecule has 34 heavy (non-hydrogen) atoms. The summed E-state index contributed by atoms with van der Waals surface area (Å²) in [5, 5.41) is 26.2. The van der Waals surface area contributed by atoms with Crippen molar-refractivity contribution in [3.05, 3.63) is 107 Å². The highest BCUT2D eigenvalue weighted by Gasteiger charge is 2.14. The van der Waals surface area contributed by atoms with E-state index in [2.05, 4.69) is 10.6 Å². The Kier molecular flexibility index (Phi) is 8.67. The molecule has 0 bridgehead atoms. The number of benzene rings is 3. The first-order valence-corrected chi connectivity index (χ1v) is 11.4. The van der Waals surface area contributed by atoms with Gasteiger partial charge in [-0.3, -0.25) is 10.3 Å². The Morgan fingerprint density at radius 1 is 0.853 bits per heavy atom. The van der Waals surface area contributed by atoms with E-state index in [0.717, 1.165) is 27.5 Å². The molecule has 0 aliphatic carbocycles. The van der Waals surface area contributed by atoms with Crippen molar-refractivity contribution in [2.75, 3.05) is 22.1 Å². The second-order valence-corrected chi connectivity index (χ2v) is 8.34. The fourth-order valence-electron chi connectivity index (χ4n) is 3.37. The van der Waals surface area contributed by atoms with Crippen molar-refractivity contribution in [3.63, 3.8) is 0 Å². The van der Waals surface area contributed by atoms with Crippen molar-refractivity contribution < 1.29 is 9.90 Å². The Hall–Kier alpha value is -3.81. The maximum Gasteiger partial charge on any atom is 0.411 e. The van der Waals surface area contributed by atoms with Crippen molar-refractivity contribution in [2.45, 2.75) is 6.42 Å². The van der Waals surface area contributed by atoms with Gasteiger partial charge in [-0.25, -0.2) is 4.79 Å². The number of rotatable bonds is 8. The van der Waals surface area contributed by atoms with Gasteiger partial charge in [0.15, 0.2) is 0 Å². The van der Waals surface area contributed by atoms with E-state index >= 15 is 0 Å². The Bertz CT molecular complexity index is 1200. The molecule has 0 radical (unpaired) electrons. The predicted octanol–water partition coefficient (Wildman–Crippen LogP) is 7.08. The SMILES string of the molecule is Cl.N=C(Nc1ccc(CCN(C(=O)O)c2ccc(Nc3ccccc3)cc2)cc1)c1cccs1. The maximum absolute atomic E-state index is 11.9. The van der Waals surface area contributed by atoms with Gasteiger partial charge < -0.3 is 15.7 Å². The van der Waals surface area contributed by atoms with Gasteiger partial charge in [-0.05, 0) is 72.0 Å². The quantitative estimate of drug-likeness (QED) is 0.156. The minimum absolute atomic E-state index is 0. The van der Waals surface area contributed by atoms with Gasteiger partial charge in [-0.2, -0.15) is 0 Å². The first-order chi connectivity index (χ1) is 16.1. The van der Waals surface area contributed by atoms with E-state index in [1.165, 1.54) is 16.2 Å². The topological polar surface area (TPSA) is 88.5 Å². The zero-order valence-corrected chi connectivity index (χ0v) is 19.9. The number of nitrogens with one attached hydrogen (secondary N) is 3. The highest BCUT2D eigenvalue weighted by molar-refractivity contribution is 7.12. The molecule has 0 spiro atoms. The van der Waals surface area contributed by atoms with E-state index in [1.54, 1.807) is 0 Å². The number of amidine groups is 1. The second kappa shape index (κ2) is 11.9. The standard InChI is InChI=1S/C26H24N4O2S.ClH/c27-25(24-7-4-18-33-24)29-22-10-8-19(9-11-22)16-17-30(26(31)32)23-14-12-21(13-15-23)28-20-5-2-1-3-6-20;/h1-15,18,28H,16-17H2,(H2,27,29)(H,31,32);1H. The molecule has 6 nitrogen and oxygen atoms in total. The van der Waals surface area contributed by atoms with Crippen LogP contribution in [0.15, 0.2) is 96.4 Å². The number of thiophene rings is 1. The molecule has 1 aromatic heterocycles. The molecule has 3 aromatic carbocycles. The molecule has 4 rings (SSSR count). The summed E-state index contributed by atoms with van der Waals surface area (Å²) in [6.45, 7) is 0.346. The van der Waals surface area contributed by atoms with E-state index in [-0.39, 0.29) is 12.4 Å². The fraction of sp³-hybridized carbons (Fsp3) is 0.0769. The summed E-state index contributed by atoms with van der Waals surface area (Å²) in [5.41, 5.74) is 4.35. The van der Waals surface area contributed by atoms with E-state index in [1.807, 2.05) is 96.4 Å². The first-order valence-electron chi connectivity index (χ1n) is 10.5. The van der Waals surface area contributed by atoms with Crippen LogP contribution >= 0.6 is 23.7 Å². The summed E-state index contributed by atoms with van der Waals surface area (Å²) in [7, 11) is 0. The van der Waals surface area contributed by atoms with E-state index in [0.29, 0.717) is 24.5 Å². The van der Waals surface area contributed by atoms with Gasteiger partial charge in [0.05, 0.1) is 4.88 Å². The molecule has 174 valence electrons. The van der Waals surface area contributed by atoms with Crippen LogP contribution in [-0.2, 0) is 6.42 Å². The molecule has 1 heterocycles. The summed E-state index contributed by atoms with van der Waals surface area (Å²) in [6.07, 6.45) is -0.402. The summed E-state index contributed by atoms with van der Waals surface area (Å²) >= 11 is 1.51. The van der Waals surface area contributed by atoms with Crippen molar-refractivity contribution >= 4 is 58.4 Å². The number of nitrogens with zero attached hydrogens (tertiary/aromatic N) is 1. The monoisotopic (exact) mass is 492 g/mol. The van der Waals surface area contributed by atoms with Gasteiger partial charge >= 0.3 is 6.09 Å². The number of hydrogen-bond donors (Lipinski definition) is 4. The van der Waals surface area contributed by atoms with Gasteiger partial charge in [-0.1, -0.05) is 36.4 Å². The first kappa shape index (κ1) is 24.8. The molecular formula is C26H25ClN4O2S. The molecule has 0 fully saturated rings. The van der Waals surface area contributed by atoms with E-state index in [9.17, 15) is 9.90 Å². The molecule has 8 heteroatoms. The molecule has 4 aromatic rings. The molecule has 4 N–H and O–H groups in total. The van der Waals surface area contributed by atoms with Crippen LogP contribution in [0.1, 0.15) is 10.4 Å². The Morgan fingerprint density at radius 3 is 2.12 bits per heavy atom.